The first-order valence-electron chi connectivity index (χ1n) is 24.5. The Bertz CT molecular complexity index is 2760. The highest BCUT2D eigenvalue weighted by Crippen LogP contribution is 2.45. The van der Waals surface area contributed by atoms with Crippen LogP contribution in [0.15, 0.2) is 85.1 Å². The van der Waals surface area contributed by atoms with Gasteiger partial charge in [0.1, 0.15) is 24.3 Å². The standard InChI is InChI=1S/C54H66F3N7O9/c1-33(71-7)45-40(28-38(30-58-45)61-21-23-62(24-22-61)52(70)72-31-34-13-9-8-10-14-34)46-41(29-54(5,6)32-65)39-27-37(18-19-44(39)64(46)48(57)47(55)56)36-16-11-15-35(25-36)26-43(59-51(69)73-53(2,3)4)49(66)63-20-12-17-42(60-63)50(67)68/h8-11,13-16,18-19,25,27-28,30,33,42-43,47-48,60,65H,12,17,20-24,26,29,31-32H2,1-7H3,(H,59,69)(H,67,68)/t33-,42?,43?,48?/m0/s1. The minimum atomic E-state index is -3.43. The number of aromatic nitrogens is 2. The van der Waals surface area contributed by atoms with Gasteiger partial charge in [-0.1, -0.05) is 74.5 Å². The van der Waals surface area contributed by atoms with Gasteiger partial charge < -0.3 is 44.1 Å². The van der Waals surface area contributed by atoms with E-state index >= 15 is 4.39 Å². The number of benzene rings is 3. The van der Waals surface area contributed by atoms with Gasteiger partial charge in [0.25, 0.3) is 12.3 Å². The summed E-state index contributed by atoms with van der Waals surface area (Å²) in [6, 6.07) is 21.3. The highest BCUT2D eigenvalue weighted by molar-refractivity contribution is 5.96. The molecule has 2 aliphatic rings. The second kappa shape index (κ2) is 23.0. The maximum atomic E-state index is 16.6. The molecule has 0 aliphatic carbocycles. The summed E-state index contributed by atoms with van der Waals surface area (Å²) in [4.78, 5) is 60.6. The first kappa shape index (κ1) is 54.1. The number of hydrogen-bond donors (Lipinski definition) is 4. The number of alkyl carbamates (subject to hydrolysis) is 1. The van der Waals surface area contributed by atoms with Crippen molar-refractivity contribution in [1.29, 1.82) is 0 Å². The fourth-order valence-corrected chi connectivity index (χ4v) is 9.23. The Labute approximate surface area is 423 Å². The van der Waals surface area contributed by atoms with Crippen molar-refractivity contribution in [2.24, 2.45) is 5.41 Å². The second-order valence-corrected chi connectivity index (χ2v) is 20.4. The normalized spacial score (nSPS) is 16.8. The average molecular weight is 1010 g/mol. The predicted molar refractivity (Wildman–Crippen MR) is 270 cm³/mol. The molecule has 0 radical (unpaired) electrons. The third-order valence-electron chi connectivity index (χ3n) is 13.1. The van der Waals surface area contributed by atoms with Gasteiger partial charge in [0.2, 0.25) is 6.30 Å². The molecule has 0 spiro atoms. The van der Waals surface area contributed by atoms with Crippen molar-refractivity contribution in [1.82, 2.24) is 30.2 Å². The fraction of sp³-hybridized carbons (Fsp3) is 0.463. The molecule has 3 unspecified atom stereocenters. The molecule has 4 N–H and O–H groups in total. The number of pyridine rings is 1. The van der Waals surface area contributed by atoms with Crippen LogP contribution in [-0.4, -0.2) is 124 Å². The van der Waals surface area contributed by atoms with Gasteiger partial charge in [-0.15, -0.1) is 0 Å². The maximum absolute atomic E-state index is 16.6. The van der Waals surface area contributed by atoms with Crippen LogP contribution < -0.4 is 15.6 Å². The molecule has 2 fully saturated rings. The lowest BCUT2D eigenvalue weighted by Gasteiger charge is -2.35. The molecule has 2 aromatic heterocycles. The number of hydrogen-bond acceptors (Lipinski definition) is 11. The van der Waals surface area contributed by atoms with Crippen LogP contribution in [0.25, 0.3) is 33.3 Å². The van der Waals surface area contributed by atoms with Crippen LogP contribution in [0.4, 0.5) is 28.4 Å². The number of anilines is 1. The molecular weight excluding hydrogens is 948 g/mol. The molecule has 73 heavy (non-hydrogen) atoms. The molecule has 19 heteroatoms. The summed E-state index contributed by atoms with van der Waals surface area (Å²) < 4.78 is 64.4. The Morgan fingerprint density at radius 1 is 0.890 bits per heavy atom. The maximum Gasteiger partial charge on any atom is 0.410 e. The van der Waals surface area contributed by atoms with E-state index in [9.17, 15) is 38.2 Å². The predicted octanol–water partition coefficient (Wildman–Crippen LogP) is 8.85. The Morgan fingerprint density at radius 2 is 1.59 bits per heavy atom. The van der Waals surface area contributed by atoms with E-state index < -0.39 is 66.0 Å². The largest absolute Gasteiger partial charge is 0.480 e. The zero-order chi connectivity index (χ0) is 52.8. The van der Waals surface area contributed by atoms with Crippen molar-refractivity contribution in [2.75, 3.05) is 51.3 Å². The molecular formula is C54H66F3N7O9. The summed E-state index contributed by atoms with van der Waals surface area (Å²) in [5.74, 6) is -1.67. The van der Waals surface area contributed by atoms with Gasteiger partial charge in [-0.3, -0.25) is 19.6 Å². The zero-order valence-electron chi connectivity index (χ0n) is 42.4. The highest BCUT2D eigenvalue weighted by Gasteiger charge is 2.36. The lowest BCUT2D eigenvalue weighted by Crippen LogP contribution is -2.60. The molecule has 392 valence electrons. The van der Waals surface area contributed by atoms with Gasteiger partial charge in [0, 0.05) is 63.8 Å². The van der Waals surface area contributed by atoms with Gasteiger partial charge >= 0.3 is 18.2 Å². The third-order valence-corrected chi connectivity index (χ3v) is 13.1. The number of aliphatic hydroxyl groups excluding tert-OH is 1. The van der Waals surface area contributed by atoms with Gasteiger partial charge in [0.05, 0.1) is 34.9 Å². The second-order valence-electron chi connectivity index (χ2n) is 20.4. The molecule has 7 rings (SSSR count). The van der Waals surface area contributed by atoms with E-state index in [1.165, 1.54) is 12.1 Å². The minimum Gasteiger partial charge on any atom is -0.480 e. The van der Waals surface area contributed by atoms with Crippen LogP contribution in [0.2, 0.25) is 0 Å². The van der Waals surface area contributed by atoms with E-state index in [4.69, 9.17) is 19.2 Å². The highest BCUT2D eigenvalue weighted by atomic mass is 19.3. The number of fused-ring (bicyclic) bond motifs is 1. The van der Waals surface area contributed by atoms with Gasteiger partial charge in [-0.05, 0) is 98.4 Å². The number of halogens is 3. The van der Waals surface area contributed by atoms with Crippen LogP contribution in [0.5, 0.6) is 0 Å². The van der Waals surface area contributed by atoms with Crippen molar-refractivity contribution in [3.05, 3.63) is 107 Å². The first-order valence-corrected chi connectivity index (χ1v) is 24.5. The SMILES string of the molecule is CO[C@@H](C)c1ncc(N2CCN(C(=O)OCc3ccccc3)CC2)cc1-c1c(CC(C)(C)CO)c2cc(-c3cccc(CC(NC(=O)OC(C)(C)C)C(=O)N4CCCC(C(=O)O)N4)c3)ccc2n1C(F)C(F)F. The zero-order valence-corrected chi connectivity index (χ0v) is 42.4. The number of nitrogens with zero attached hydrogens (tertiary/aromatic N) is 5. The quantitative estimate of drug-likeness (QED) is 0.0694. The van der Waals surface area contributed by atoms with Crippen LogP contribution in [0.1, 0.15) is 89.2 Å². The molecule has 4 atom stereocenters. The van der Waals surface area contributed by atoms with E-state index in [2.05, 4.69) is 10.7 Å². The number of carboxylic acids is 1. The number of aliphatic carboxylic acids is 1. The molecule has 3 aromatic carbocycles. The number of nitrogens with one attached hydrogen (secondary N) is 2. The molecule has 0 saturated carbocycles. The summed E-state index contributed by atoms with van der Waals surface area (Å²) in [5.41, 5.74) is 5.99. The number of aliphatic hydroxyl groups is 1. The van der Waals surface area contributed by atoms with Crippen molar-refractivity contribution < 1.29 is 56.8 Å². The number of carbonyl (C=O) groups excluding carboxylic acids is 3. The van der Waals surface area contributed by atoms with E-state index in [-0.39, 0.29) is 43.8 Å². The summed E-state index contributed by atoms with van der Waals surface area (Å²) in [5, 5.41) is 24.7. The van der Waals surface area contributed by atoms with Crippen LogP contribution in [-0.2, 0) is 43.2 Å². The number of amides is 3. The summed E-state index contributed by atoms with van der Waals surface area (Å²) >= 11 is 0. The van der Waals surface area contributed by atoms with Crippen LogP contribution in [0, 0.1) is 5.41 Å². The number of hydrazine groups is 1. The summed E-state index contributed by atoms with van der Waals surface area (Å²) in [6.07, 6.45) is -5.67. The van der Waals surface area contributed by atoms with Crippen LogP contribution >= 0.6 is 0 Å². The smallest absolute Gasteiger partial charge is 0.410 e. The summed E-state index contributed by atoms with van der Waals surface area (Å²) in [6.45, 7) is 12.0. The van der Waals surface area contributed by atoms with Crippen molar-refractivity contribution in [3.8, 4) is 22.4 Å². The number of carboxylic acid groups (broad SMARTS) is 1. The Balaban J connectivity index is 1.28. The van der Waals surface area contributed by atoms with E-state index in [1.54, 1.807) is 75.2 Å². The van der Waals surface area contributed by atoms with Crippen molar-refractivity contribution in [3.63, 3.8) is 0 Å². The molecule has 0 bridgehead atoms. The number of rotatable bonds is 17. The molecule has 3 amide bonds. The van der Waals surface area contributed by atoms with E-state index in [1.807, 2.05) is 61.2 Å². The minimum absolute atomic E-state index is 0.0182. The Kier molecular flexibility index (Phi) is 17.1. The van der Waals surface area contributed by atoms with E-state index in [0.717, 1.165) is 10.1 Å². The van der Waals surface area contributed by atoms with Gasteiger partial charge in [-0.2, -0.15) is 0 Å². The average Bonchev–Trinajstić information content (AvgIpc) is 3.68. The molecule has 5 aromatic rings. The van der Waals surface area contributed by atoms with E-state index in [0.29, 0.717) is 83.6 Å². The summed E-state index contributed by atoms with van der Waals surface area (Å²) in [7, 11) is 1.49. The monoisotopic (exact) mass is 1010 g/mol. The van der Waals surface area contributed by atoms with Gasteiger partial charge in [-0.25, -0.2) is 28.2 Å². The number of alkyl halides is 3. The lowest BCUT2D eigenvalue weighted by molar-refractivity contribution is -0.147. The topological polar surface area (TPSA) is 188 Å². The number of methoxy groups -OCH3 is 1. The Hall–Kier alpha value is -6.70. The number of ether oxygens (including phenoxy) is 3. The molecule has 2 saturated heterocycles. The van der Waals surface area contributed by atoms with Crippen molar-refractivity contribution >= 4 is 40.7 Å². The Morgan fingerprint density at radius 3 is 2.25 bits per heavy atom. The van der Waals surface area contributed by atoms with Crippen molar-refractivity contribution in [2.45, 2.75) is 110 Å². The fourth-order valence-electron chi connectivity index (χ4n) is 9.23. The lowest BCUT2D eigenvalue weighted by atomic mass is 9.84. The number of carbonyl (C=O) groups is 4. The number of piperazine rings is 1. The van der Waals surface area contributed by atoms with Gasteiger partial charge in [0.15, 0.2) is 0 Å². The third kappa shape index (κ3) is 13.1. The molecule has 4 heterocycles. The molecule has 2 aliphatic heterocycles. The molecule has 16 nitrogen and oxygen atoms in total. The van der Waals surface area contributed by atoms with Crippen LogP contribution in [0.3, 0.4) is 0 Å². The first-order chi connectivity index (χ1) is 34.7.